The summed E-state index contributed by atoms with van der Waals surface area (Å²) in [6, 6.07) is 6.63. The summed E-state index contributed by atoms with van der Waals surface area (Å²) in [7, 11) is 0. The van der Waals surface area contributed by atoms with Crippen molar-refractivity contribution in [3.63, 3.8) is 0 Å². The number of anilines is 1. The number of phenolic OH excluding ortho intramolecular Hbond substituents is 1. The summed E-state index contributed by atoms with van der Waals surface area (Å²) in [6.07, 6.45) is 0. The molecular weight excluding hydrogens is 308 g/mol. The van der Waals surface area contributed by atoms with Crippen LogP contribution in [0.5, 0.6) is 5.75 Å². The van der Waals surface area contributed by atoms with E-state index in [0.29, 0.717) is 13.1 Å². The third kappa shape index (κ3) is 5.13. The lowest BCUT2D eigenvalue weighted by atomic mass is 10.2. The molecule has 0 unspecified atom stereocenters. The van der Waals surface area contributed by atoms with Crippen LogP contribution in [-0.2, 0) is 9.59 Å². The first-order valence-corrected chi connectivity index (χ1v) is 8.33. The highest BCUT2D eigenvalue weighted by molar-refractivity contribution is 5.87. The number of piperazine rings is 1. The molecule has 1 aromatic carbocycles. The number of hydrogen-bond donors (Lipinski definition) is 3. The van der Waals surface area contributed by atoms with Gasteiger partial charge in [0.2, 0.25) is 11.8 Å². The van der Waals surface area contributed by atoms with Gasteiger partial charge in [-0.1, -0.05) is 0 Å². The lowest BCUT2D eigenvalue weighted by molar-refractivity contribution is -0.129. The van der Waals surface area contributed by atoms with Crippen LogP contribution in [0.15, 0.2) is 24.3 Å². The predicted molar refractivity (Wildman–Crippen MR) is 93.0 cm³/mol. The molecule has 0 radical (unpaired) electrons. The number of carbonyl (C=O) groups is 2. The molecule has 1 aliphatic heterocycles. The normalized spacial score (nSPS) is 16.5. The molecule has 24 heavy (non-hydrogen) atoms. The van der Waals surface area contributed by atoms with Gasteiger partial charge in [0.1, 0.15) is 11.8 Å². The standard InChI is InChI=1S/C17H26N4O3/c1-3-18-17(24)13(2)19-16(23)12-20-8-10-21(11-9-20)14-4-6-15(22)7-5-14/h4-7,13,22H,3,8-12H2,1-2H3,(H,18,24)(H,19,23)/t13-/m1/s1. The van der Waals surface area contributed by atoms with Gasteiger partial charge in [-0.2, -0.15) is 0 Å². The van der Waals surface area contributed by atoms with Gasteiger partial charge < -0.3 is 20.6 Å². The Morgan fingerprint density at radius 1 is 1.17 bits per heavy atom. The summed E-state index contributed by atoms with van der Waals surface area (Å²) >= 11 is 0. The van der Waals surface area contributed by atoms with E-state index in [9.17, 15) is 14.7 Å². The maximum atomic E-state index is 12.0. The molecule has 1 atom stereocenters. The zero-order chi connectivity index (χ0) is 17.5. The van der Waals surface area contributed by atoms with Crippen LogP contribution >= 0.6 is 0 Å². The van der Waals surface area contributed by atoms with Gasteiger partial charge in [0.15, 0.2) is 0 Å². The van der Waals surface area contributed by atoms with Crippen molar-refractivity contribution in [3.05, 3.63) is 24.3 Å². The Morgan fingerprint density at radius 2 is 1.79 bits per heavy atom. The summed E-state index contributed by atoms with van der Waals surface area (Å²) < 4.78 is 0. The van der Waals surface area contributed by atoms with Gasteiger partial charge >= 0.3 is 0 Å². The molecule has 1 fully saturated rings. The second-order valence-electron chi connectivity index (χ2n) is 5.96. The van der Waals surface area contributed by atoms with E-state index < -0.39 is 6.04 Å². The molecule has 7 nitrogen and oxygen atoms in total. The van der Waals surface area contributed by atoms with Crippen LogP contribution in [0, 0.1) is 0 Å². The highest BCUT2D eigenvalue weighted by Gasteiger charge is 2.21. The van der Waals surface area contributed by atoms with Crippen molar-refractivity contribution in [2.24, 2.45) is 0 Å². The number of aromatic hydroxyl groups is 1. The largest absolute Gasteiger partial charge is 0.508 e. The predicted octanol–water partition coefficient (Wildman–Crippen LogP) is 0.155. The fourth-order valence-electron chi connectivity index (χ4n) is 2.71. The minimum atomic E-state index is -0.518. The monoisotopic (exact) mass is 334 g/mol. The molecule has 1 aliphatic rings. The number of likely N-dealkylation sites (N-methyl/N-ethyl adjacent to an activating group) is 1. The van der Waals surface area contributed by atoms with E-state index in [-0.39, 0.29) is 17.6 Å². The topological polar surface area (TPSA) is 84.9 Å². The average Bonchev–Trinajstić information content (AvgIpc) is 2.56. The second-order valence-corrected chi connectivity index (χ2v) is 5.96. The second kappa shape index (κ2) is 8.54. The van der Waals surface area contributed by atoms with Crippen LogP contribution in [0.3, 0.4) is 0 Å². The van der Waals surface area contributed by atoms with Crippen molar-refractivity contribution < 1.29 is 14.7 Å². The van der Waals surface area contributed by atoms with E-state index in [4.69, 9.17) is 0 Å². The Kier molecular flexibility index (Phi) is 6.43. The zero-order valence-electron chi connectivity index (χ0n) is 14.3. The number of carbonyl (C=O) groups excluding carboxylic acids is 2. The molecule has 0 bridgehead atoms. The molecule has 0 aromatic heterocycles. The third-order valence-corrected chi connectivity index (χ3v) is 4.08. The van der Waals surface area contributed by atoms with Crippen LogP contribution in [-0.4, -0.2) is 67.1 Å². The van der Waals surface area contributed by atoms with Crippen molar-refractivity contribution in [1.82, 2.24) is 15.5 Å². The Hall–Kier alpha value is -2.28. The quantitative estimate of drug-likeness (QED) is 0.690. The lowest BCUT2D eigenvalue weighted by Gasteiger charge is -2.35. The van der Waals surface area contributed by atoms with Crippen LogP contribution in [0.4, 0.5) is 5.69 Å². The van der Waals surface area contributed by atoms with E-state index in [2.05, 4.69) is 20.4 Å². The molecule has 0 aliphatic carbocycles. The van der Waals surface area contributed by atoms with Gasteiger partial charge in [-0.3, -0.25) is 14.5 Å². The number of amides is 2. The first-order valence-electron chi connectivity index (χ1n) is 8.33. The SMILES string of the molecule is CCNC(=O)[C@@H](C)NC(=O)CN1CCN(c2ccc(O)cc2)CC1. The van der Waals surface area contributed by atoms with Gasteiger partial charge in [0.05, 0.1) is 6.54 Å². The molecule has 1 heterocycles. The Balaban J connectivity index is 1.75. The summed E-state index contributed by atoms with van der Waals surface area (Å²) in [4.78, 5) is 28.0. The van der Waals surface area contributed by atoms with Crippen molar-refractivity contribution in [1.29, 1.82) is 0 Å². The van der Waals surface area contributed by atoms with Crippen LogP contribution in [0.2, 0.25) is 0 Å². The minimum absolute atomic E-state index is 0.133. The minimum Gasteiger partial charge on any atom is -0.508 e. The number of nitrogens with zero attached hydrogens (tertiary/aromatic N) is 2. The molecule has 2 rings (SSSR count). The molecule has 1 aromatic rings. The summed E-state index contributed by atoms with van der Waals surface area (Å²) in [5, 5.41) is 14.8. The molecule has 7 heteroatoms. The first kappa shape index (κ1) is 18.1. The van der Waals surface area contributed by atoms with E-state index in [1.54, 1.807) is 19.1 Å². The van der Waals surface area contributed by atoms with Crippen molar-refractivity contribution in [3.8, 4) is 5.75 Å². The van der Waals surface area contributed by atoms with Crippen molar-refractivity contribution >= 4 is 17.5 Å². The summed E-state index contributed by atoms with van der Waals surface area (Å²) in [6.45, 7) is 7.60. The fourth-order valence-corrected chi connectivity index (χ4v) is 2.71. The number of benzene rings is 1. The first-order chi connectivity index (χ1) is 11.5. The Morgan fingerprint density at radius 3 is 2.38 bits per heavy atom. The highest BCUT2D eigenvalue weighted by atomic mass is 16.3. The number of nitrogens with one attached hydrogen (secondary N) is 2. The van der Waals surface area contributed by atoms with Crippen LogP contribution in [0.25, 0.3) is 0 Å². The smallest absolute Gasteiger partial charge is 0.242 e. The van der Waals surface area contributed by atoms with Crippen molar-refractivity contribution in [2.45, 2.75) is 19.9 Å². The van der Waals surface area contributed by atoms with Gasteiger partial charge in [0.25, 0.3) is 0 Å². The molecule has 3 N–H and O–H groups in total. The van der Waals surface area contributed by atoms with Crippen LogP contribution in [0.1, 0.15) is 13.8 Å². The number of rotatable bonds is 6. The molecule has 2 amide bonds. The Labute approximate surface area is 142 Å². The van der Waals surface area contributed by atoms with Gasteiger partial charge in [0, 0.05) is 38.4 Å². The third-order valence-electron chi connectivity index (χ3n) is 4.08. The summed E-state index contributed by atoms with van der Waals surface area (Å²) in [5.41, 5.74) is 1.07. The average molecular weight is 334 g/mol. The molecular formula is C17H26N4O3. The molecule has 0 saturated carbocycles. The van der Waals surface area contributed by atoms with Crippen molar-refractivity contribution in [2.75, 3.05) is 44.2 Å². The van der Waals surface area contributed by atoms with E-state index >= 15 is 0 Å². The highest BCUT2D eigenvalue weighted by Crippen LogP contribution is 2.19. The number of phenols is 1. The van der Waals surface area contributed by atoms with E-state index in [1.807, 2.05) is 19.1 Å². The van der Waals surface area contributed by atoms with Crippen LogP contribution < -0.4 is 15.5 Å². The van der Waals surface area contributed by atoms with E-state index in [1.165, 1.54) is 0 Å². The fraction of sp³-hybridized carbons (Fsp3) is 0.529. The maximum Gasteiger partial charge on any atom is 0.242 e. The van der Waals surface area contributed by atoms with Gasteiger partial charge in [-0.15, -0.1) is 0 Å². The Bertz CT molecular complexity index is 553. The molecule has 132 valence electrons. The van der Waals surface area contributed by atoms with Gasteiger partial charge in [-0.25, -0.2) is 0 Å². The summed E-state index contributed by atoms with van der Waals surface area (Å²) in [5.74, 6) is -0.0369. The van der Waals surface area contributed by atoms with E-state index in [0.717, 1.165) is 31.9 Å². The number of hydrogen-bond acceptors (Lipinski definition) is 5. The molecule has 1 saturated heterocycles. The lowest BCUT2D eigenvalue weighted by Crippen LogP contribution is -2.52. The van der Waals surface area contributed by atoms with Gasteiger partial charge in [-0.05, 0) is 38.1 Å². The molecule has 0 spiro atoms. The zero-order valence-corrected chi connectivity index (χ0v) is 14.3. The maximum absolute atomic E-state index is 12.0.